The second-order valence-corrected chi connectivity index (χ2v) is 4.33. The zero-order valence-corrected chi connectivity index (χ0v) is 8.73. The Bertz CT molecular complexity index is 196. The molecule has 1 heterocycles. The molecule has 0 bridgehead atoms. The van der Waals surface area contributed by atoms with Crippen LogP contribution in [-0.4, -0.2) is 41.2 Å². The van der Waals surface area contributed by atoms with E-state index in [1.165, 1.54) is 0 Å². The van der Waals surface area contributed by atoms with E-state index in [1.54, 1.807) is 16.7 Å². The van der Waals surface area contributed by atoms with Crippen LogP contribution in [-0.2, 0) is 9.59 Å². The van der Waals surface area contributed by atoms with Gasteiger partial charge in [-0.1, -0.05) is 6.92 Å². The normalized spacial score (nSPS) is 17.6. The molecule has 0 aromatic rings. The van der Waals surface area contributed by atoms with Crippen molar-refractivity contribution in [2.45, 2.75) is 19.8 Å². The van der Waals surface area contributed by atoms with Gasteiger partial charge in [0.1, 0.15) is 5.78 Å². The predicted molar refractivity (Wildman–Crippen MR) is 53.8 cm³/mol. The second kappa shape index (κ2) is 5.27. The van der Waals surface area contributed by atoms with Crippen LogP contribution in [0.15, 0.2) is 0 Å². The minimum absolute atomic E-state index is 0.180. The first-order valence-corrected chi connectivity index (χ1v) is 5.76. The summed E-state index contributed by atoms with van der Waals surface area (Å²) < 4.78 is 0. The smallest absolute Gasteiger partial charge is 0.232 e. The molecule has 1 saturated heterocycles. The number of ketones is 1. The summed E-state index contributed by atoms with van der Waals surface area (Å²) in [6, 6.07) is 0. The molecule has 0 aromatic heterocycles. The fourth-order valence-electron chi connectivity index (χ4n) is 1.29. The van der Waals surface area contributed by atoms with E-state index in [0.29, 0.717) is 31.7 Å². The molecule has 74 valence electrons. The van der Waals surface area contributed by atoms with Crippen LogP contribution in [0.4, 0.5) is 0 Å². The van der Waals surface area contributed by atoms with Crippen molar-refractivity contribution in [3.05, 3.63) is 0 Å². The molecule has 1 fully saturated rings. The molecule has 0 saturated carbocycles. The third-order valence-electron chi connectivity index (χ3n) is 2.10. The summed E-state index contributed by atoms with van der Waals surface area (Å²) in [6.45, 7) is 3.29. The van der Waals surface area contributed by atoms with Gasteiger partial charge in [0.15, 0.2) is 0 Å². The van der Waals surface area contributed by atoms with Gasteiger partial charge < -0.3 is 4.90 Å². The third kappa shape index (κ3) is 3.38. The van der Waals surface area contributed by atoms with E-state index >= 15 is 0 Å². The third-order valence-corrected chi connectivity index (χ3v) is 2.96. The van der Waals surface area contributed by atoms with Crippen molar-refractivity contribution < 1.29 is 9.59 Å². The van der Waals surface area contributed by atoms with E-state index in [0.717, 1.165) is 5.75 Å². The molecular formula is C9H15NO2S. The largest absolute Gasteiger partial charge is 0.341 e. The van der Waals surface area contributed by atoms with Crippen molar-refractivity contribution >= 4 is 23.5 Å². The Hall–Kier alpha value is -0.510. The quantitative estimate of drug-likeness (QED) is 0.681. The van der Waals surface area contributed by atoms with Crippen LogP contribution in [0.25, 0.3) is 0 Å². The number of nitrogens with zero attached hydrogens (tertiary/aromatic N) is 1. The Morgan fingerprint density at radius 3 is 2.62 bits per heavy atom. The Morgan fingerprint density at radius 1 is 1.46 bits per heavy atom. The van der Waals surface area contributed by atoms with Crippen LogP contribution < -0.4 is 0 Å². The SMILES string of the molecule is CCSCC(=O)N1CCC(=O)CC1. The molecule has 1 amide bonds. The van der Waals surface area contributed by atoms with Crippen molar-refractivity contribution in [2.24, 2.45) is 0 Å². The van der Waals surface area contributed by atoms with Crippen LogP contribution in [0.5, 0.6) is 0 Å². The predicted octanol–water partition coefficient (Wildman–Crippen LogP) is 0.931. The first-order valence-electron chi connectivity index (χ1n) is 4.61. The summed E-state index contributed by atoms with van der Waals surface area (Å²) in [5.41, 5.74) is 0. The lowest BCUT2D eigenvalue weighted by Crippen LogP contribution is -2.39. The number of thioether (sulfide) groups is 1. The van der Waals surface area contributed by atoms with Crippen LogP contribution in [0.1, 0.15) is 19.8 Å². The second-order valence-electron chi connectivity index (χ2n) is 3.06. The van der Waals surface area contributed by atoms with Crippen LogP contribution in [0, 0.1) is 0 Å². The molecule has 0 atom stereocenters. The van der Waals surface area contributed by atoms with Gasteiger partial charge in [0.05, 0.1) is 5.75 Å². The van der Waals surface area contributed by atoms with Gasteiger partial charge in [-0.2, -0.15) is 11.8 Å². The average molecular weight is 201 g/mol. The molecule has 0 aliphatic carbocycles. The van der Waals surface area contributed by atoms with Crippen LogP contribution >= 0.6 is 11.8 Å². The van der Waals surface area contributed by atoms with Gasteiger partial charge in [-0.3, -0.25) is 9.59 Å². The average Bonchev–Trinajstić information content (AvgIpc) is 2.15. The fraction of sp³-hybridized carbons (Fsp3) is 0.778. The maximum atomic E-state index is 11.5. The Kier molecular flexibility index (Phi) is 4.28. The number of hydrogen-bond acceptors (Lipinski definition) is 3. The van der Waals surface area contributed by atoms with Crippen molar-refractivity contribution in [1.82, 2.24) is 4.90 Å². The molecule has 0 unspecified atom stereocenters. The highest BCUT2D eigenvalue weighted by Crippen LogP contribution is 2.08. The molecule has 3 nitrogen and oxygen atoms in total. The lowest BCUT2D eigenvalue weighted by atomic mass is 10.1. The number of carbonyl (C=O) groups is 2. The number of amides is 1. The molecule has 1 aliphatic rings. The van der Waals surface area contributed by atoms with Crippen molar-refractivity contribution in [3.63, 3.8) is 0 Å². The van der Waals surface area contributed by atoms with Gasteiger partial charge in [-0.15, -0.1) is 0 Å². The minimum atomic E-state index is 0.180. The minimum Gasteiger partial charge on any atom is -0.341 e. The molecule has 4 heteroatoms. The Balaban J connectivity index is 2.27. The van der Waals surface area contributed by atoms with E-state index in [2.05, 4.69) is 0 Å². The molecule has 0 spiro atoms. The van der Waals surface area contributed by atoms with Gasteiger partial charge >= 0.3 is 0 Å². The van der Waals surface area contributed by atoms with Gasteiger partial charge in [0, 0.05) is 25.9 Å². The number of rotatable bonds is 3. The van der Waals surface area contributed by atoms with Crippen LogP contribution in [0.3, 0.4) is 0 Å². The van der Waals surface area contributed by atoms with E-state index in [4.69, 9.17) is 0 Å². The number of likely N-dealkylation sites (tertiary alicyclic amines) is 1. The van der Waals surface area contributed by atoms with Gasteiger partial charge in [-0.25, -0.2) is 0 Å². The maximum Gasteiger partial charge on any atom is 0.232 e. The fourth-order valence-corrected chi connectivity index (χ4v) is 1.85. The van der Waals surface area contributed by atoms with Crippen molar-refractivity contribution in [1.29, 1.82) is 0 Å². The lowest BCUT2D eigenvalue weighted by Gasteiger charge is -2.25. The maximum absolute atomic E-state index is 11.5. The van der Waals surface area contributed by atoms with Gasteiger partial charge in [0.2, 0.25) is 5.91 Å². The number of hydrogen-bond donors (Lipinski definition) is 0. The number of piperidine rings is 1. The molecule has 1 rings (SSSR count). The topological polar surface area (TPSA) is 37.4 Å². The van der Waals surface area contributed by atoms with E-state index in [9.17, 15) is 9.59 Å². The molecular weight excluding hydrogens is 186 g/mol. The zero-order chi connectivity index (χ0) is 9.68. The van der Waals surface area contributed by atoms with Crippen LogP contribution in [0.2, 0.25) is 0 Å². The summed E-state index contributed by atoms with van der Waals surface area (Å²) in [6.07, 6.45) is 1.09. The zero-order valence-electron chi connectivity index (χ0n) is 7.91. The van der Waals surface area contributed by atoms with E-state index in [1.807, 2.05) is 6.92 Å². The first-order chi connectivity index (χ1) is 6.24. The molecule has 1 aliphatic heterocycles. The summed E-state index contributed by atoms with van der Waals surface area (Å²) in [7, 11) is 0. The lowest BCUT2D eigenvalue weighted by molar-refractivity contribution is -0.132. The highest BCUT2D eigenvalue weighted by molar-refractivity contribution is 7.99. The Labute approximate surface area is 82.9 Å². The van der Waals surface area contributed by atoms with Crippen molar-refractivity contribution in [3.8, 4) is 0 Å². The van der Waals surface area contributed by atoms with Gasteiger partial charge in [-0.05, 0) is 5.75 Å². The number of carbonyl (C=O) groups excluding carboxylic acids is 2. The molecule has 0 N–H and O–H groups in total. The highest BCUT2D eigenvalue weighted by Gasteiger charge is 2.19. The van der Waals surface area contributed by atoms with E-state index < -0.39 is 0 Å². The summed E-state index contributed by atoms with van der Waals surface area (Å²) in [5.74, 6) is 2.00. The molecule has 0 radical (unpaired) electrons. The summed E-state index contributed by atoms with van der Waals surface area (Å²) in [5, 5.41) is 0. The molecule has 13 heavy (non-hydrogen) atoms. The summed E-state index contributed by atoms with van der Waals surface area (Å²) in [4.78, 5) is 24.2. The Morgan fingerprint density at radius 2 is 2.08 bits per heavy atom. The summed E-state index contributed by atoms with van der Waals surface area (Å²) >= 11 is 1.63. The first kappa shape index (κ1) is 10.6. The van der Waals surface area contributed by atoms with Gasteiger partial charge in [0.25, 0.3) is 0 Å². The highest BCUT2D eigenvalue weighted by atomic mass is 32.2. The van der Waals surface area contributed by atoms with Crippen molar-refractivity contribution in [2.75, 3.05) is 24.6 Å². The standard InChI is InChI=1S/C9H15NO2S/c1-2-13-7-9(12)10-5-3-8(11)4-6-10/h2-7H2,1H3. The van der Waals surface area contributed by atoms with E-state index in [-0.39, 0.29) is 11.7 Å². The molecule has 0 aromatic carbocycles. The number of Topliss-reactive ketones (excluding diaryl/α,β-unsaturated/α-hetero) is 1. The monoisotopic (exact) mass is 201 g/mol.